The summed E-state index contributed by atoms with van der Waals surface area (Å²) in [6, 6.07) is 6.90. The number of carbonyl (C=O) groups excluding carboxylic acids is 1. The summed E-state index contributed by atoms with van der Waals surface area (Å²) in [4.78, 5) is 20.2. The predicted molar refractivity (Wildman–Crippen MR) is 86.0 cm³/mol. The van der Waals surface area contributed by atoms with E-state index in [-0.39, 0.29) is 23.9 Å². The van der Waals surface area contributed by atoms with Crippen LogP contribution in [0.5, 0.6) is 11.6 Å². The third kappa shape index (κ3) is 3.17. The van der Waals surface area contributed by atoms with E-state index in [4.69, 9.17) is 15.2 Å². The molecule has 0 bridgehead atoms. The van der Waals surface area contributed by atoms with Crippen LogP contribution in [-0.4, -0.2) is 32.3 Å². The number of anilines is 1. The lowest BCUT2D eigenvalue weighted by molar-refractivity contribution is 0.0516. The van der Waals surface area contributed by atoms with E-state index in [9.17, 15) is 4.79 Å². The first-order valence-electron chi connectivity index (χ1n) is 7.24. The number of hydrogen-bond acceptors (Lipinski definition) is 7. The highest BCUT2D eigenvalue weighted by atomic mass is 16.5. The van der Waals surface area contributed by atoms with E-state index in [1.165, 1.54) is 4.68 Å². The molecule has 0 atom stereocenters. The lowest BCUT2D eigenvalue weighted by Crippen LogP contribution is -2.08. The van der Waals surface area contributed by atoms with Gasteiger partial charge in [0.2, 0.25) is 11.6 Å². The van der Waals surface area contributed by atoms with Gasteiger partial charge in [-0.05, 0) is 31.2 Å². The molecule has 8 heteroatoms. The van der Waals surface area contributed by atoms with Crippen molar-refractivity contribution in [1.29, 1.82) is 0 Å². The van der Waals surface area contributed by atoms with Gasteiger partial charge in [-0.25, -0.2) is 14.5 Å². The molecule has 0 aliphatic heterocycles. The Labute approximate surface area is 137 Å². The molecule has 24 heavy (non-hydrogen) atoms. The number of aromatic nitrogens is 4. The second-order valence-corrected chi connectivity index (χ2v) is 4.72. The molecule has 0 radical (unpaired) electrons. The summed E-state index contributed by atoms with van der Waals surface area (Å²) in [5, 5.41) is 4.23. The quantitative estimate of drug-likeness (QED) is 0.717. The topological polar surface area (TPSA) is 105 Å². The van der Waals surface area contributed by atoms with Crippen molar-refractivity contribution in [2.45, 2.75) is 6.92 Å². The number of nitrogens with two attached hydrogens (primary N) is 1. The molecule has 3 aromatic rings. The Morgan fingerprint density at radius 1 is 1.29 bits per heavy atom. The standard InChI is InChI=1S/C16H15N5O3/c1-2-23-16(22)14-13(24-15-12(17)6-4-8-19-15)10-21(20-14)11-5-3-7-18-9-11/h3-10H,2,17H2,1H3. The molecule has 2 N–H and O–H groups in total. The zero-order chi connectivity index (χ0) is 16.9. The number of ether oxygens (including phenoxy) is 2. The van der Waals surface area contributed by atoms with Crippen LogP contribution in [0.15, 0.2) is 49.1 Å². The number of pyridine rings is 2. The van der Waals surface area contributed by atoms with Crippen LogP contribution in [0.4, 0.5) is 5.69 Å². The van der Waals surface area contributed by atoms with E-state index in [2.05, 4.69) is 15.1 Å². The summed E-state index contributed by atoms with van der Waals surface area (Å²) >= 11 is 0. The van der Waals surface area contributed by atoms with E-state index >= 15 is 0 Å². The van der Waals surface area contributed by atoms with Crippen molar-refractivity contribution in [3.05, 3.63) is 54.7 Å². The van der Waals surface area contributed by atoms with Crippen LogP contribution < -0.4 is 10.5 Å². The summed E-state index contributed by atoms with van der Waals surface area (Å²) in [6.07, 6.45) is 6.35. The van der Waals surface area contributed by atoms with Gasteiger partial charge >= 0.3 is 5.97 Å². The molecule has 122 valence electrons. The summed E-state index contributed by atoms with van der Waals surface area (Å²) in [7, 11) is 0. The molecule has 0 fully saturated rings. The number of rotatable bonds is 5. The fraction of sp³-hybridized carbons (Fsp3) is 0.125. The number of carbonyl (C=O) groups is 1. The molecule has 0 unspecified atom stereocenters. The average Bonchev–Trinajstić information content (AvgIpc) is 3.02. The fourth-order valence-corrected chi connectivity index (χ4v) is 1.99. The summed E-state index contributed by atoms with van der Waals surface area (Å²) in [5.74, 6) is -0.207. The Balaban J connectivity index is 2.01. The molecule has 0 saturated heterocycles. The smallest absolute Gasteiger partial charge is 0.362 e. The Hall–Kier alpha value is -3.42. The van der Waals surface area contributed by atoms with Crippen LogP contribution in [-0.2, 0) is 4.74 Å². The minimum absolute atomic E-state index is 0.0331. The van der Waals surface area contributed by atoms with E-state index < -0.39 is 5.97 Å². The number of nitrogens with zero attached hydrogens (tertiary/aromatic N) is 4. The molecule has 0 spiro atoms. The van der Waals surface area contributed by atoms with E-state index in [1.54, 1.807) is 56.0 Å². The molecule has 0 amide bonds. The van der Waals surface area contributed by atoms with Gasteiger partial charge in [-0.1, -0.05) is 0 Å². The Kier molecular flexibility index (Phi) is 4.37. The minimum atomic E-state index is -0.593. The van der Waals surface area contributed by atoms with Crippen molar-refractivity contribution in [3.63, 3.8) is 0 Å². The van der Waals surface area contributed by atoms with E-state index in [1.807, 2.05) is 0 Å². The van der Waals surface area contributed by atoms with Gasteiger partial charge in [0, 0.05) is 12.4 Å². The first kappa shape index (κ1) is 15.5. The highest BCUT2D eigenvalue weighted by Crippen LogP contribution is 2.28. The van der Waals surface area contributed by atoms with Gasteiger partial charge in [0.1, 0.15) is 0 Å². The van der Waals surface area contributed by atoms with Crippen molar-refractivity contribution in [3.8, 4) is 17.3 Å². The molecular weight excluding hydrogens is 310 g/mol. The van der Waals surface area contributed by atoms with Gasteiger partial charge in [-0.3, -0.25) is 4.98 Å². The van der Waals surface area contributed by atoms with Crippen LogP contribution >= 0.6 is 0 Å². The summed E-state index contributed by atoms with van der Waals surface area (Å²) in [6.45, 7) is 1.94. The number of nitrogen functional groups attached to an aromatic ring is 1. The Morgan fingerprint density at radius 2 is 2.12 bits per heavy atom. The van der Waals surface area contributed by atoms with Gasteiger partial charge in [-0.15, -0.1) is 0 Å². The first-order chi connectivity index (χ1) is 11.7. The maximum atomic E-state index is 12.1. The average molecular weight is 325 g/mol. The van der Waals surface area contributed by atoms with E-state index in [0.717, 1.165) is 0 Å². The number of esters is 1. The zero-order valence-corrected chi connectivity index (χ0v) is 12.9. The van der Waals surface area contributed by atoms with Crippen LogP contribution in [0.1, 0.15) is 17.4 Å². The van der Waals surface area contributed by atoms with Gasteiger partial charge in [0.15, 0.2) is 5.75 Å². The van der Waals surface area contributed by atoms with Gasteiger partial charge in [-0.2, -0.15) is 5.10 Å². The SMILES string of the molecule is CCOC(=O)c1nn(-c2cccnc2)cc1Oc1ncccc1N. The molecule has 0 aliphatic rings. The molecular formula is C16H15N5O3. The molecule has 3 aromatic heterocycles. The first-order valence-corrected chi connectivity index (χ1v) is 7.24. The minimum Gasteiger partial charge on any atom is -0.461 e. The number of hydrogen-bond donors (Lipinski definition) is 1. The Morgan fingerprint density at radius 3 is 2.83 bits per heavy atom. The lowest BCUT2D eigenvalue weighted by atomic mass is 10.4. The molecule has 8 nitrogen and oxygen atoms in total. The van der Waals surface area contributed by atoms with Gasteiger partial charge in [0.25, 0.3) is 0 Å². The molecule has 3 heterocycles. The third-order valence-corrected chi connectivity index (χ3v) is 3.07. The van der Waals surface area contributed by atoms with Crippen molar-refractivity contribution >= 4 is 11.7 Å². The van der Waals surface area contributed by atoms with Crippen molar-refractivity contribution < 1.29 is 14.3 Å². The highest BCUT2D eigenvalue weighted by Gasteiger charge is 2.21. The van der Waals surface area contributed by atoms with Crippen molar-refractivity contribution in [2.75, 3.05) is 12.3 Å². The largest absolute Gasteiger partial charge is 0.461 e. The lowest BCUT2D eigenvalue weighted by Gasteiger charge is -2.06. The second kappa shape index (κ2) is 6.78. The van der Waals surface area contributed by atoms with Gasteiger partial charge < -0.3 is 15.2 Å². The summed E-state index contributed by atoms with van der Waals surface area (Å²) in [5.41, 5.74) is 6.88. The van der Waals surface area contributed by atoms with Gasteiger partial charge in [0.05, 0.1) is 30.4 Å². The van der Waals surface area contributed by atoms with Crippen LogP contribution in [0, 0.1) is 0 Å². The maximum Gasteiger partial charge on any atom is 0.362 e. The molecule has 3 rings (SSSR count). The monoisotopic (exact) mass is 325 g/mol. The van der Waals surface area contributed by atoms with E-state index in [0.29, 0.717) is 11.4 Å². The van der Waals surface area contributed by atoms with Crippen LogP contribution in [0.3, 0.4) is 0 Å². The highest BCUT2D eigenvalue weighted by molar-refractivity contribution is 5.90. The second-order valence-electron chi connectivity index (χ2n) is 4.72. The van der Waals surface area contributed by atoms with Crippen LogP contribution in [0.2, 0.25) is 0 Å². The molecule has 0 aliphatic carbocycles. The normalized spacial score (nSPS) is 10.4. The maximum absolute atomic E-state index is 12.1. The Bertz CT molecular complexity index is 848. The third-order valence-electron chi connectivity index (χ3n) is 3.07. The summed E-state index contributed by atoms with van der Waals surface area (Å²) < 4.78 is 12.2. The molecule has 0 saturated carbocycles. The van der Waals surface area contributed by atoms with Crippen molar-refractivity contribution in [2.24, 2.45) is 0 Å². The van der Waals surface area contributed by atoms with Crippen LogP contribution in [0.25, 0.3) is 5.69 Å². The molecule has 0 aromatic carbocycles. The predicted octanol–water partition coefficient (Wildman–Crippen LogP) is 2.21. The fourth-order valence-electron chi connectivity index (χ4n) is 1.99. The van der Waals surface area contributed by atoms with Crippen molar-refractivity contribution in [1.82, 2.24) is 19.7 Å². The zero-order valence-electron chi connectivity index (χ0n) is 12.9.